The molecule has 0 aliphatic carbocycles. The highest BCUT2D eigenvalue weighted by Crippen LogP contribution is 2.19. The summed E-state index contributed by atoms with van der Waals surface area (Å²) in [5, 5.41) is 0. The molecule has 0 saturated heterocycles. The molecule has 75 heavy (non-hydrogen) atoms. The minimum absolute atomic E-state index is 0.0694. The predicted molar refractivity (Wildman–Crippen MR) is 326 cm³/mol. The first-order chi connectivity index (χ1) is 37.0. The largest absolute Gasteiger partial charge is 0.462 e. The maximum absolute atomic E-state index is 12.9. The number of unbranched alkanes of at least 4 members (excludes halogenated alkanes) is 48. The molecule has 6 nitrogen and oxygen atoms in total. The van der Waals surface area contributed by atoms with Crippen LogP contribution in [0.15, 0.2) is 24.3 Å². The quantitative estimate of drug-likeness (QED) is 0.0261. The summed E-state index contributed by atoms with van der Waals surface area (Å²) >= 11 is 0. The minimum atomic E-state index is -0.773. The van der Waals surface area contributed by atoms with Crippen molar-refractivity contribution in [2.75, 3.05) is 13.2 Å². The van der Waals surface area contributed by atoms with E-state index in [1.165, 1.54) is 263 Å². The van der Waals surface area contributed by atoms with E-state index in [2.05, 4.69) is 45.1 Å². The molecule has 1 unspecified atom stereocenters. The Labute approximate surface area is 468 Å². The summed E-state index contributed by atoms with van der Waals surface area (Å²) in [6.07, 6.45) is 77.7. The molecule has 0 aromatic rings. The molecule has 0 N–H and O–H groups in total. The van der Waals surface area contributed by atoms with Gasteiger partial charge in [-0.2, -0.15) is 0 Å². The van der Waals surface area contributed by atoms with E-state index in [1.54, 1.807) is 0 Å². The second-order valence-corrected chi connectivity index (χ2v) is 23.1. The molecule has 0 bridgehead atoms. The van der Waals surface area contributed by atoms with Crippen LogP contribution in [0.5, 0.6) is 0 Å². The SMILES string of the molecule is CCCCC/C=C\C/C=C\CCCCCCCC(=O)OCC(COC(=O)CCCCCCCCCCCCCCCCCCCCCCCCCCC)OC(=O)CCCCCCCCCCCCCCCCCCC. The maximum atomic E-state index is 12.9. The Morgan fingerprint density at radius 1 is 0.267 bits per heavy atom. The lowest BCUT2D eigenvalue weighted by Crippen LogP contribution is -2.30. The average Bonchev–Trinajstić information content (AvgIpc) is 3.41. The zero-order valence-corrected chi connectivity index (χ0v) is 50.8. The van der Waals surface area contributed by atoms with E-state index in [-0.39, 0.29) is 31.1 Å². The van der Waals surface area contributed by atoms with E-state index < -0.39 is 6.10 Å². The smallest absolute Gasteiger partial charge is 0.306 e. The first-order valence-corrected chi connectivity index (χ1v) is 33.8. The first-order valence-electron chi connectivity index (χ1n) is 33.8. The second-order valence-electron chi connectivity index (χ2n) is 23.1. The molecule has 0 aliphatic heterocycles. The van der Waals surface area contributed by atoms with Gasteiger partial charge >= 0.3 is 17.9 Å². The van der Waals surface area contributed by atoms with Crippen LogP contribution in [0.25, 0.3) is 0 Å². The molecule has 1 atom stereocenters. The van der Waals surface area contributed by atoms with Gasteiger partial charge in [-0.15, -0.1) is 0 Å². The number of hydrogen-bond donors (Lipinski definition) is 0. The van der Waals surface area contributed by atoms with E-state index in [9.17, 15) is 14.4 Å². The Balaban J connectivity index is 4.24. The molecule has 0 rings (SSSR count). The van der Waals surface area contributed by atoms with Crippen molar-refractivity contribution in [1.82, 2.24) is 0 Å². The predicted octanol–water partition coefficient (Wildman–Crippen LogP) is 23.0. The van der Waals surface area contributed by atoms with Gasteiger partial charge in [-0.25, -0.2) is 0 Å². The third-order valence-corrected chi connectivity index (χ3v) is 15.5. The summed E-state index contributed by atoms with van der Waals surface area (Å²) in [5.74, 6) is -0.853. The summed E-state index contributed by atoms with van der Waals surface area (Å²) in [7, 11) is 0. The van der Waals surface area contributed by atoms with Crippen molar-refractivity contribution in [3.8, 4) is 0 Å². The van der Waals surface area contributed by atoms with Crippen LogP contribution in [-0.2, 0) is 28.6 Å². The number of allylic oxidation sites excluding steroid dienone is 4. The van der Waals surface area contributed by atoms with E-state index in [0.29, 0.717) is 19.3 Å². The third-order valence-electron chi connectivity index (χ3n) is 15.5. The number of ether oxygens (including phenoxy) is 3. The molecule has 442 valence electrons. The lowest BCUT2D eigenvalue weighted by molar-refractivity contribution is -0.167. The van der Waals surface area contributed by atoms with Crippen molar-refractivity contribution < 1.29 is 28.6 Å². The van der Waals surface area contributed by atoms with Gasteiger partial charge in [0.1, 0.15) is 13.2 Å². The topological polar surface area (TPSA) is 78.9 Å². The summed E-state index contributed by atoms with van der Waals surface area (Å²) in [4.78, 5) is 38.4. The molecule has 0 fully saturated rings. The zero-order chi connectivity index (χ0) is 54.3. The zero-order valence-electron chi connectivity index (χ0n) is 50.8. The average molecular weight is 1060 g/mol. The molecule has 0 aliphatic rings. The Morgan fingerprint density at radius 3 is 0.760 bits per heavy atom. The van der Waals surface area contributed by atoms with Gasteiger partial charge < -0.3 is 14.2 Å². The van der Waals surface area contributed by atoms with Crippen LogP contribution >= 0.6 is 0 Å². The fourth-order valence-electron chi connectivity index (χ4n) is 10.4. The van der Waals surface area contributed by atoms with E-state index in [1.807, 2.05) is 0 Å². The Bertz CT molecular complexity index is 1210. The Morgan fingerprint density at radius 2 is 0.480 bits per heavy atom. The van der Waals surface area contributed by atoms with Gasteiger partial charge in [0.2, 0.25) is 0 Å². The second kappa shape index (κ2) is 64.4. The van der Waals surface area contributed by atoms with Crippen molar-refractivity contribution in [3.05, 3.63) is 24.3 Å². The van der Waals surface area contributed by atoms with Crippen molar-refractivity contribution in [1.29, 1.82) is 0 Å². The van der Waals surface area contributed by atoms with Gasteiger partial charge in [0.15, 0.2) is 6.10 Å². The van der Waals surface area contributed by atoms with Crippen LogP contribution in [0.3, 0.4) is 0 Å². The molecule has 0 saturated carbocycles. The summed E-state index contributed by atoms with van der Waals surface area (Å²) in [6.45, 7) is 6.68. The van der Waals surface area contributed by atoms with Crippen molar-refractivity contribution >= 4 is 17.9 Å². The van der Waals surface area contributed by atoms with Crippen LogP contribution in [0, 0.1) is 0 Å². The van der Waals surface area contributed by atoms with Crippen molar-refractivity contribution in [2.45, 2.75) is 386 Å². The van der Waals surface area contributed by atoms with Gasteiger partial charge in [-0.3, -0.25) is 14.4 Å². The molecule has 0 aromatic heterocycles. The normalized spacial score (nSPS) is 12.1. The number of carbonyl (C=O) groups is 3. The van der Waals surface area contributed by atoms with Crippen molar-refractivity contribution in [3.63, 3.8) is 0 Å². The molecule has 0 spiro atoms. The molecular formula is C69H130O6. The highest BCUT2D eigenvalue weighted by molar-refractivity contribution is 5.71. The van der Waals surface area contributed by atoms with Gasteiger partial charge in [0.25, 0.3) is 0 Å². The van der Waals surface area contributed by atoms with Crippen LogP contribution in [0.4, 0.5) is 0 Å². The third kappa shape index (κ3) is 62.6. The summed E-state index contributed by atoms with van der Waals surface area (Å²) < 4.78 is 17.0. The lowest BCUT2D eigenvalue weighted by atomic mass is 10.0. The fraction of sp³-hybridized carbons (Fsp3) is 0.899. The van der Waals surface area contributed by atoms with Gasteiger partial charge in [0, 0.05) is 19.3 Å². The Hall–Kier alpha value is -2.11. The van der Waals surface area contributed by atoms with Gasteiger partial charge in [-0.1, -0.05) is 334 Å². The molecule has 0 aromatic carbocycles. The minimum Gasteiger partial charge on any atom is -0.462 e. The van der Waals surface area contributed by atoms with Crippen LogP contribution in [0.2, 0.25) is 0 Å². The number of esters is 3. The monoisotopic (exact) mass is 1050 g/mol. The van der Waals surface area contributed by atoms with Gasteiger partial charge in [0.05, 0.1) is 0 Å². The molecular weight excluding hydrogens is 925 g/mol. The molecule has 0 radical (unpaired) electrons. The number of rotatable bonds is 63. The van der Waals surface area contributed by atoms with Crippen LogP contribution in [-0.4, -0.2) is 37.2 Å². The summed E-state index contributed by atoms with van der Waals surface area (Å²) in [6, 6.07) is 0. The van der Waals surface area contributed by atoms with Crippen LogP contribution in [0.1, 0.15) is 380 Å². The van der Waals surface area contributed by atoms with Crippen LogP contribution < -0.4 is 0 Å². The standard InChI is InChI=1S/C69H130O6/c1-4-7-10-13-16-19-22-25-28-30-31-32-33-34-35-36-37-39-41-44-47-50-53-56-59-62-68(71)74-65-66(64-73-67(70)61-58-55-52-49-46-43-40-27-24-21-18-15-12-9-6-3)75-69(72)63-60-57-54-51-48-45-42-38-29-26-23-20-17-14-11-8-5-2/h18,21,27,40,66H,4-17,19-20,22-26,28-39,41-65H2,1-3H3/b21-18-,40-27-. The lowest BCUT2D eigenvalue weighted by Gasteiger charge is -2.18. The molecule has 6 heteroatoms. The number of carbonyl (C=O) groups excluding carboxylic acids is 3. The fourth-order valence-corrected chi connectivity index (χ4v) is 10.4. The highest BCUT2D eigenvalue weighted by atomic mass is 16.6. The van der Waals surface area contributed by atoms with E-state index >= 15 is 0 Å². The Kier molecular flexibility index (Phi) is 62.6. The molecule has 0 heterocycles. The highest BCUT2D eigenvalue weighted by Gasteiger charge is 2.19. The maximum Gasteiger partial charge on any atom is 0.306 e. The van der Waals surface area contributed by atoms with E-state index in [0.717, 1.165) is 77.0 Å². The van der Waals surface area contributed by atoms with Gasteiger partial charge in [-0.05, 0) is 51.4 Å². The summed E-state index contributed by atoms with van der Waals surface area (Å²) in [5.41, 5.74) is 0. The van der Waals surface area contributed by atoms with E-state index in [4.69, 9.17) is 14.2 Å². The number of hydrogen-bond acceptors (Lipinski definition) is 6. The first kappa shape index (κ1) is 72.9. The van der Waals surface area contributed by atoms with Crippen molar-refractivity contribution in [2.24, 2.45) is 0 Å². The molecule has 0 amide bonds.